The molecule has 2 aromatic rings. The lowest BCUT2D eigenvalue weighted by molar-refractivity contribution is -0.0499. The van der Waals surface area contributed by atoms with Gasteiger partial charge in [-0.1, -0.05) is 0 Å². The van der Waals surface area contributed by atoms with Gasteiger partial charge in [-0.2, -0.15) is 26.7 Å². The van der Waals surface area contributed by atoms with Crippen molar-refractivity contribution in [3.63, 3.8) is 0 Å². The lowest BCUT2D eigenvalue weighted by atomic mass is 10.4. The number of pyridine rings is 1. The van der Waals surface area contributed by atoms with Crippen molar-refractivity contribution in [3.8, 4) is 5.75 Å². The second-order valence-corrected chi connectivity index (χ2v) is 4.55. The molecule has 0 amide bonds. The summed E-state index contributed by atoms with van der Waals surface area (Å²) in [6, 6.07) is 3.77. The summed E-state index contributed by atoms with van der Waals surface area (Å²) in [5.41, 5.74) is -5.33. The maximum atomic E-state index is 12.1. The van der Waals surface area contributed by atoms with Crippen LogP contribution >= 0.6 is 0 Å². The molecule has 0 atom stereocenters. The van der Waals surface area contributed by atoms with E-state index in [1.165, 1.54) is 29.0 Å². The molecule has 0 aliphatic rings. The van der Waals surface area contributed by atoms with Crippen molar-refractivity contribution >= 4 is 15.6 Å². The van der Waals surface area contributed by atoms with Gasteiger partial charge >= 0.3 is 15.6 Å². The van der Waals surface area contributed by atoms with E-state index in [0.717, 1.165) is 6.07 Å². The fraction of sp³-hybridized carbons (Fsp3) is 0.125. The smallest absolute Gasteiger partial charge is 0.374 e. The van der Waals surface area contributed by atoms with E-state index in [4.69, 9.17) is 0 Å². The Morgan fingerprint density at radius 2 is 2.00 bits per heavy atom. The third-order valence-electron chi connectivity index (χ3n) is 1.88. The molecule has 92 valence electrons. The van der Waals surface area contributed by atoms with Crippen LogP contribution in [0.25, 0.3) is 5.52 Å². The zero-order valence-corrected chi connectivity index (χ0v) is 8.86. The van der Waals surface area contributed by atoms with Gasteiger partial charge in [0, 0.05) is 6.20 Å². The lowest BCUT2D eigenvalue weighted by Gasteiger charge is -2.09. The van der Waals surface area contributed by atoms with Crippen molar-refractivity contribution in [3.05, 3.63) is 30.6 Å². The zero-order chi connectivity index (χ0) is 12.7. The summed E-state index contributed by atoms with van der Waals surface area (Å²) in [7, 11) is -5.66. The average molecular weight is 266 g/mol. The van der Waals surface area contributed by atoms with E-state index in [1.807, 2.05) is 0 Å². The number of hydrogen-bond donors (Lipinski definition) is 0. The van der Waals surface area contributed by atoms with E-state index in [1.54, 1.807) is 0 Å². The molecule has 9 heteroatoms. The predicted molar refractivity (Wildman–Crippen MR) is 50.8 cm³/mol. The van der Waals surface area contributed by atoms with Gasteiger partial charge in [0.1, 0.15) is 5.52 Å². The summed E-state index contributed by atoms with van der Waals surface area (Å²) >= 11 is 0. The Morgan fingerprint density at radius 3 is 2.65 bits per heavy atom. The Bertz CT molecular complexity index is 647. The van der Waals surface area contributed by atoms with Gasteiger partial charge < -0.3 is 4.18 Å². The molecule has 0 aliphatic heterocycles. The first-order valence-electron chi connectivity index (χ1n) is 4.24. The minimum Gasteiger partial charge on any atom is -0.374 e. The van der Waals surface area contributed by atoms with E-state index < -0.39 is 21.4 Å². The van der Waals surface area contributed by atoms with Crippen molar-refractivity contribution < 1.29 is 25.8 Å². The van der Waals surface area contributed by atoms with Gasteiger partial charge in [-0.15, -0.1) is 0 Å². The summed E-state index contributed by atoms with van der Waals surface area (Å²) in [4.78, 5) is 0. The highest BCUT2D eigenvalue weighted by molar-refractivity contribution is 7.88. The Balaban J connectivity index is 2.47. The van der Waals surface area contributed by atoms with Gasteiger partial charge in [0.05, 0.1) is 6.20 Å². The van der Waals surface area contributed by atoms with Crippen molar-refractivity contribution in [2.75, 3.05) is 0 Å². The predicted octanol–water partition coefficient (Wildman–Crippen LogP) is 1.56. The number of rotatable bonds is 2. The van der Waals surface area contributed by atoms with E-state index in [9.17, 15) is 21.6 Å². The maximum Gasteiger partial charge on any atom is 0.534 e. The van der Waals surface area contributed by atoms with Crippen LogP contribution in [0.1, 0.15) is 0 Å². The molecule has 2 rings (SSSR count). The third kappa shape index (κ3) is 2.05. The monoisotopic (exact) mass is 266 g/mol. The number of hydrogen-bond acceptors (Lipinski definition) is 4. The van der Waals surface area contributed by atoms with Crippen molar-refractivity contribution in [1.29, 1.82) is 0 Å². The molecule has 0 fully saturated rings. The molecule has 0 spiro atoms. The van der Waals surface area contributed by atoms with E-state index in [2.05, 4.69) is 9.28 Å². The fourth-order valence-electron chi connectivity index (χ4n) is 1.16. The van der Waals surface area contributed by atoms with E-state index in [0.29, 0.717) is 0 Å². The highest BCUT2D eigenvalue weighted by Crippen LogP contribution is 2.28. The highest BCUT2D eigenvalue weighted by atomic mass is 32.2. The summed E-state index contributed by atoms with van der Waals surface area (Å²) in [6.07, 6.45) is 2.75. The normalized spacial score (nSPS) is 12.9. The van der Waals surface area contributed by atoms with Gasteiger partial charge in [-0.3, -0.25) is 0 Å². The summed E-state index contributed by atoms with van der Waals surface area (Å²) in [5.74, 6) is -0.428. The molecule has 0 aromatic carbocycles. The zero-order valence-electron chi connectivity index (χ0n) is 8.05. The summed E-state index contributed by atoms with van der Waals surface area (Å²) in [5, 5.41) is 3.73. The Labute approximate surface area is 93.5 Å². The molecule has 0 N–H and O–H groups in total. The summed E-state index contributed by atoms with van der Waals surface area (Å²) in [6.45, 7) is 0. The van der Waals surface area contributed by atoms with Crippen LogP contribution in [0.4, 0.5) is 13.2 Å². The number of fused-ring (bicyclic) bond motifs is 1. The largest absolute Gasteiger partial charge is 0.534 e. The average Bonchev–Trinajstić information content (AvgIpc) is 2.64. The van der Waals surface area contributed by atoms with Crippen LogP contribution < -0.4 is 4.18 Å². The van der Waals surface area contributed by atoms with Crippen LogP contribution in [0.5, 0.6) is 5.75 Å². The number of halogens is 3. The number of alkyl halides is 3. The van der Waals surface area contributed by atoms with Crippen molar-refractivity contribution in [1.82, 2.24) is 9.61 Å². The van der Waals surface area contributed by atoms with E-state index >= 15 is 0 Å². The molecule has 0 bridgehead atoms. The molecule has 0 saturated heterocycles. The Morgan fingerprint density at radius 1 is 1.29 bits per heavy atom. The summed E-state index contributed by atoms with van der Waals surface area (Å²) < 4.78 is 63.2. The first-order valence-corrected chi connectivity index (χ1v) is 5.65. The van der Waals surface area contributed by atoms with Crippen LogP contribution in [0, 0.1) is 0 Å². The lowest BCUT2D eigenvalue weighted by Crippen LogP contribution is -2.28. The van der Waals surface area contributed by atoms with Gasteiger partial charge in [-0.05, 0) is 18.2 Å². The molecule has 0 radical (unpaired) electrons. The van der Waals surface area contributed by atoms with Gasteiger partial charge in [0.2, 0.25) is 0 Å². The van der Waals surface area contributed by atoms with Crippen LogP contribution in [0.2, 0.25) is 0 Å². The van der Waals surface area contributed by atoms with Crippen LogP contribution in [0.15, 0.2) is 30.6 Å². The molecular weight excluding hydrogens is 261 g/mol. The second-order valence-electron chi connectivity index (χ2n) is 3.02. The van der Waals surface area contributed by atoms with E-state index in [-0.39, 0.29) is 5.52 Å². The maximum absolute atomic E-state index is 12.1. The molecule has 2 aromatic heterocycles. The fourth-order valence-corrected chi connectivity index (χ4v) is 1.63. The standard InChI is InChI=1S/C8H5F3N2O3S/c9-8(10,11)17(14,15)16-7-2-1-5-13-6(7)3-4-12-13/h1-5H. The van der Waals surface area contributed by atoms with Crippen LogP contribution in [-0.2, 0) is 10.1 Å². The van der Waals surface area contributed by atoms with Gasteiger partial charge in [0.25, 0.3) is 0 Å². The first-order chi connectivity index (χ1) is 7.81. The van der Waals surface area contributed by atoms with Gasteiger partial charge in [-0.25, -0.2) is 4.52 Å². The van der Waals surface area contributed by atoms with Crippen LogP contribution in [0.3, 0.4) is 0 Å². The van der Waals surface area contributed by atoms with Crippen molar-refractivity contribution in [2.45, 2.75) is 5.51 Å². The van der Waals surface area contributed by atoms with Crippen LogP contribution in [-0.4, -0.2) is 23.5 Å². The number of aromatic nitrogens is 2. The molecule has 5 nitrogen and oxygen atoms in total. The quantitative estimate of drug-likeness (QED) is 0.611. The first kappa shape index (κ1) is 11.7. The highest BCUT2D eigenvalue weighted by Gasteiger charge is 2.48. The third-order valence-corrected chi connectivity index (χ3v) is 2.85. The SMILES string of the molecule is O=S(=O)(Oc1cccn2nccc12)C(F)(F)F. The van der Waals surface area contributed by atoms with Crippen molar-refractivity contribution in [2.24, 2.45) is 0 Å². The molecule has 0 saturated carbocycles. The Hall–Kier alpha value is -1.77. The molecule has 0 aliphatic carbocycles. The Kier molecular flexibility index (Phi) is 2.49. The molecule has 0 unspecified atom stereocenters. The van der Waals surface area contributed by atoms with Gasteiger partial charge in [0.15, 0.2) is 5.75 Å². The molecular formula is C8H5F3N2O3S. The molecule has 17 heavy (non-hydrogen) atoms. The number of nitrogens with zero attached hydrogens (tertiary/aromatic N) is 2. The molecule has 2 heterocycles. The minimum absolute atomic E-state index is 0.125. The topological polar surface area (TPSA) is 60.7 Å². The second kappa shape index (κ2) is 3.62. The minimum atomic E-state index is -5.66.